The van der Waals surface area contributed by atoms with Crippen LogP contribution in [0.2, 0.25) is 0 Å². The van der Waals surface area contributed by atoms with Crippen molar-refractivity contribution in [1.82, 2.24) is 9.71 Å². The number of aliphatic hydroxyl groups excluding tert-OH is 1. The summed E-state index contributed by atoms with van der Waals surface area (Å²) < 4.78 is 49.1. The molecule has 0 amide bonds. The Labute approximate surface area is 173 Å². The number of hydrogen-bond acceptors (Lipinski definition) is 8. The Balaban J connectivity index is 1.88. The molecule has 154 valence electrons. The molecule has 0 aliphatic carbocycles. The molecule has 1 aromatic heterocycles. The lowest BCUT2D eigenvalue weighted by molar-refractivity contribution is 0.286. The molecule has 0 aliphatic heterocycles. The molecular formula is C18H19N3O5S3. The molecule has 11 heteroatoms. The van der Waals surface area contributed by atoms with Crippen molar-refractivity contribution in [3.63, 3.8) is 0 Å². The first kappa shape index (κ1) is 21.4. The van der Waals surface area contributed by atoms with E-state index in [0.29, 0.717) is 27.0 Å². The van der Waals surface area contributed by atoms with Crippen LogP contribution in [0.3, 0.4) is 0 Å². The quantitative estimate of drug-likeness (QED) is 0.501. The number of rotatable bonds is 7. The third kappa shape index (κ3) is 4.82. The summed E-state index contributed by atoms with van der Waals surface area (Å²) in [7, 11) is -5.47. The van der Waals surface area contributed by atoms with Gasteiger partial charge in [0.15, 0.2) is 15.0 Å². The Kier molecular flexibility index (Phi) is 6.05. The molecule has 0 unspecified atom stereocenters. The number of hydrogen-bond donors (Lipinski definition) is 3. The minimum absolute atomic E-state index is 0.133. The first-order valence-corrected chi connectivity index (χ1v) is 12.5. The van der Waals surface area contributed by atoms with Gasteiger partial charge in [-0.3, -0.25) is 0 Å². The Morgan fingerprint density at radius 2 is 1.55 bits per heavy atom. The van der Waals surface area contributed by atoms with E-state index >= 15 is 0 Å². The van der Waals surface area contributed by atoms with Gasteiger partial charge in [-0.15, -0.1) is 0 Å². The molecule has 0 radical (unpaired) electrons. The summed E-state index contributed by atoms with van der Waals surface area (Å²) >= 11 is 1.25. The van der Waals surface area contributed by atoms with Crippen molar-refractivity contribution in [1.29, 1.82) is 0 Å². The highest BCUT2D eigenvalue weighted by Crippen LogP contribution is 2.33. The maximum Gasteiger partial charge on any atom is 0.240 e. The van der Waals surface area contributed by atoms with Crippen LogP contribution in [-0.4, -0.2) is 40.2 Å². The molecule has 0 fully saturated rings. The van der Waals surface area contributed by atoms with Gasteiger partial charge in [-0.25, -0.2) is 26.5 Å². The van der Waals surface area contributed by atoms with Gasteiger partial charge >= 0.3 is 0 Å². The van der Waals surface area contributed by atoms with Gasteiger partial charge in [0.25, 0.3) is 0 Å². The number of nitrogens with one attached hydrogen (secondary N) is 2. The van der Waals surface area contributed by atoms with E-state index in [1.165, 1.54) is 42.6 Å². The zero-order valence-corrected chi connectivity index (χ0v) is 18.0. The average Bonchev–Trinajstić information content (AvgIpc) is 3.10. The highest BCUT2D eigenvalue weighted by molar-refractivity contribution is 7.90. The van der Waals surface area contributed by atoms with E-state index in [1.54, 1.807) is 24.3 Å². The van der Waals surface area contributed by atoms with Crippen LogP contribution in [0.5, 0.6) is 0 Å². The van der Waals surface area contributed by atoms with Gasteiger partial charge in [-0.2, -0.15) is 0 Å². The summed E-state index contributed by atoms with van der Waals surface area (Å²) in [6.45, 7) is -0.224. The minimum Gasteiger partial charge on any atom is -0.391 e. The molecule has 1 heterocycles. The highest BCUT2D eigenvalue weighted by Gasteiger charge is 2.16. The first-order valence-electron chi connectivity index (χ1n) is 8.36. The summed E-state index contributed by atoms with van der Waals surface area (Å²) in [5.74, 6) is 0. The van der Waals surface area contributed by atoms with Gasteiger partial charge in [-0.05, 0) is 43.4 Å². The van der Waals surface area contributed by atoms with Crippen LogP contribution in [0.1, 0.15) is 4.88 Å². The maximum atomic E-state index is 11.9. The Morgan fingerprint density at radius 3 is 2.07 bits per heavy atom. The fraction of sp³-hybridized carbons (Fsp3) is 0.167. The van der Waals surface area contributed by atoms with Crippen molar-refractivity contribution < 1.29 is 21.9 Å². The van der Waals surface area contributed by atoms with Crippen LogP contribution in [0.4, 0.5) is 10.8 Å². The molecule has 0 aliphatic rings. The largest absolute Gasteiger partial charge is 0.391 e. The third-order valence-corrected chi connectivity index (χ3v) is 7.60. The molecule has 3 N–H and O–H groups in total. The predicted octanol–water partition coefficient (Wildman–Crippen LogP) is 2.36. The van der Waals surface area contributed by atoms with Gasteiger partial charge < -0.3 is 10.4 Å². The number of nitrogens with zero attached hydrogens (tertiary/aromatic N) is 1. The second-order valence-electron chi connectivity index (χ2n) is 6.10. The van der Waals surface area contributed by atoms with E-state index < -0.39 is 19.9 Å². The fourth-order valence-corrected chi connectivity index (χ4v) is 4.78. The maximum absolute atomic E-state index is 11.9. The average molecular weight is 454 g/mol. The number of sulfone groups is 1. The number of anilines is 2. The van der Waals surface area contributed by atoms with Crippen molar-refractivity contribution in [2.24, 2.45) is 0 Å². The smallest absolute Gasteiger partial charge is 0.240 e. The Bertz CT molecular complexity index is 1220. The molecule has 2 aromatic carbocycles. The second-order valence-corrected chi connectivity index (χ2v) is 11.1. The second kappa shape index (κ2) is 8.20. The topological polar surface area (TPSA) is 125 Å². The lowest BCUT2D eigenvalue weighted by Crippen LogP contribution is -2.18. The number of aliphatic hydroxyl groups is 1. The molecule has 3 aromatic rings. The van der Waals surface area contributed by atoms with E-state index in [0.717, 1.165) is 6.26 Å². The van der Waals surface area contributed by atoms with Gasteiger partial charge in [0.05, 0.1) is 27.0 Å². The third-order valence-electron chi connectivity index (χ3n) is 4.08. The Morgan fingerprint density at radius 1 is 0.966 bits per heavy atom. The highest BCUT2D eigenvalue weighted by atomic mass is 32.2. The first-order chi connectivity index (χ1) is 13.6. The van der Waals surface area contributed by atoms with Gasteiger partial charge in [0, 0.05) is 17.5 Å². The summed E-state index contributed by atoms with van der Waals surface area (Å²) in [5, 5.41) is 13.3. The molecule has 8 nitrogen and oxygen atoms in total. The van der Waals surface area contributed by atoms with Crippen molar-refractivity contribution in [2.45, 2.75) is 16.4 Å². The molecule has 29 heavy (non-hydrogen) atoms. The van der Waals surface area contributed by atoms with Gasteiger partial charge in [0.1, 0.15) is 0 Å². The van der Waals surface area contributed by atoms with E-state index in [4.69, 9.17) is 0 Å². The van der Waals surface area contributed by atoms with Gasteiger partial charge in [-0.1, -0.05) is 23.5 Å². The van der Waals surface area contributed by atoms with E-state index in [-0.39, 0.29) is 16.4 Å². The zero-order chi connectivity index (χ0) is 21.2. The monoisotopic (exact) mass is 453 g/mol. The van der Waals surface area contributed by atoms with Crippen molar-refractivity contribution in [2.75, 3.05) is 18.6 Å². The predicted molar refractivity (Wildman–Crippen MR) is 113 cm³/mol. The molecule has 0 spiro atoms. The van der Waals surface area contributed by atoms with Crippen LogP contribution in [0.15, 0.2) is 58.3 Å². The standard InChI is InChI=1S/C18H19N3O5S3/c1-19-29(25,26)15-7-3-12(4-8-15)17-16(11-22)27-18(21-17)20-13-5-9-14(10-6-13)28(2,23)24/h3-10,19,22H,11H2,1-2H3,(H,20,21). The molecule has 0 saturated carbocycles. The number of sulfonamides is 1. The number of thiazole rings is 1. The van der Waals surface area contributed by atoms with Gasteiger partial charge in [0.2, 0.25) is 10.0 Å². The number of benzene rings is 2. The molecular weight excluding hydrogens is 434 g/mol. The molecule has 0 atom stereocenters. The molecule has 0 saturated heterocycles. The fourth-order valence-electron chi connectivity index (χ4n) is 2.56. The van der Waals surface area contributed by atoms with E-state index in [1.807, 2.05) is 0 Å². The molecule has 3 rings (SSSR count). The summed E-state index contributed by atoms with van der Waals surface area (Å²) in [6, 6.07) is 12.5. The minimum atomic E-state index is -3.53. The van der Waals surface area contributed by atoms with Crippen LogP contribution in [0, 0.1) is 0 Å². The molecule has 0 bridgehead atoms. The normalized spacial score (nSPS) is 12.1. The van der Waals surface area contributed by atoms with Crippen molar-refractivity contribution >= 4 is 42.0 Å². The Hall–Kier alpha value is -2.31. The lowest BCUT2D eigenvalue weighted by Gasteiger charge is -2.05. The number of aromatic nitrogens is 1. The summed E-state index contributed by atoms with van der Waals surface area (Å²) in [4.78, 5) is 5.46. The summed E-state index contributed by atoms with van der Waals surface area (Å²) in [5.41, 5.74) is 1.86. The van der Waals surface area contributed by atoms with E-state index in [2.05, 4.69) is 15.0 Å². The van der Waals surface area contributed by atoms with Crippen molar-refractivity contribution in [3.8, 4) is 11.3 Å². The zero-order valence-electron chi connectivity index (χ0n) is 15.6. The van der Waals surface area contributed by atoms with Crippen LogP contribution in [0.25, 0.3) is 11.3 Å². The summed E-state index contributed by atoms with van der Waals surface area (Å²) in [6.07, 6.45) is 1.14. The van der Waals surface area contributed by atoms with Crippen LogP contribution in [-0.2, 0) is 26.5 Å². The SMILES string of the molecule is CNS(=O)(=O)c1ccc(-c2nc(Nc3ccc(S(C)(=O)=O)cc3)sc2CO)cc1. The van der Waals surface area contributed by atoms with Crippen LogP contribution >= 0.6 is 11.3 Å². The van der Waals surface area contributed by atoms with Crippen molar-refractivity contribution in [3.05, 3.63) is 53.4 Å². The lowest BCUT2D eigenvalue weighted by atomic mass is 10.1. The van der Waals surface area contributed by atoms with E-state index in [9.17, 15) is 21.9 Å². The van der Waals surface area contributed by atoms with Crippen LogP contribution < -0.4 is 10.0 Å².